The van der Waals surface area contributed by atoms with E-state index in [1.165, 1.54) is 18.2 Å². The number of anilines is 1. The van der Waals surface area contributed by atoms with Crippen molar-refractivity contribution in [3.63, 3.8) is 0 Å². The second-order valence-corrected chi connectivity index (χ2v) is 5.69. The summed E-state index contributed by atoms with van der Waals surface area (Å²) in [7, 11) is 0. The smallest absolute Gasteiger partial charge is 0.234 e. The van der Waals surface area contributed by atoms with Crippen LogP contribution in [-0.2, 0) is 9.59 Å². The number of aliphatic hydroxyl groups is 1. The molecule has 0 saturated carbocycles. The Hall–Kier alpha value is -3.12. The minimum absolute atomic E-state index is 0.0190. The first-order chi connectivity index (χ1) is 12.0. The molecule has 3 rings (SSSR count). The Balaban J connectivity index is 2.06. The minimum atomic E-state index is -1.44. The molecule has 1 aliphatic rings. The van der Waals surface area contributed by atoms with Crippen molar-refractivity contribution in [2.24, 2.45) is 0 Å². The van der Waals surface area contributed by atoms with Crippen LogP contribution in [0.2, 0.25) is 0 Å². The molecule has 0 bridgehead atoms. The number of carbonyl (C=O) groups excluding carboxylic acids is 4. The molecule has 2 aromatic carbocycles. The Morgan fingerprint density at radius 2 is 1.68 bits per heavy atom. The summed E-state index contributed by atoms with van der Waals surface area (Å²) in [5.74, 6) is -1.52. The number of amides is 2. The molecule has 126 valence electrons. The zero-order chi connectivity index (χ0) is 18.0. The Morgan fingerprint density at radius 1 is 1.04 bits per heavy atom. The lowest BCUT2D eigenvalue weighted by Gasteiger charge is -2.19. The number of carbonyl (C=O) groups is 4. The van der Waals surface area contributed by atoms with E-state index in [4.69, 9.17) is 0 Å². The molecule has 1 heterocycles. The SMILES string of the molecule is O=Cc1ccc(C(=O)C(O)c2ccccc2)c(N2C(=O)CCC2=O)c1. The van der Waals surface area contributed by atoms with Crippen molar-refractivity contribution in [3.05, 3.63) is 65.2 Å². The van der Waals surface area contributed by atoms with E-state index < -0.39 is 23.7 Å². The summed E-state index contributed by atoms with van der Waals surface area (Å²) in [5, 5.41) is 10.4. The van der Waals surface area contributed by atoms with Crippen LogP contribution >= 0.6 is 0 Å². The normalized spacial score (nSPS) is 15.3. The zero-order valence-electron chi connectivity index (χ0n) is 13.2. The molecule has 1 fully saturated rings. The van der Waals surface area contributed by atoms with Crippen LogP contribution in [0.1, 0.15) is 45.2 Å². The Morgan fingerprint density at radius 3 is 2.28 bits per heavy atom. The van der Waals surface area contributed by atoms with E-state index >= 15 is 0 Å². The molecule has 6 heteroatoms. The summed E-state index contributed by atoms with van der Waals surface area (Å²) in [5.41, 5.74) is 0.688. The van der Waals surface area contributed by atoms with Crippen LogP contribution in [0.25, 0.3) is 0 Å². The molecule has 2 aromatic rings. The highest BCUT2D eigenvalue weighted by Crippen LogP contribution is 2.30. The summed E-state index contributed by atoms with van der Waals surface area (Å²) >= 11 is 0. The number of imide groups is 1. The molecule has 1 saturated heterocycles. The average molecular weight is 337 g/mol. The molecule has 0 spiro atoms. The van der Waals surface area contributed by atoms with Gasteiger partial charge in [0.2, 0.25) is 11.8 Å². The molecule has 1 aliphatic heterocycles. The van der Waals surface area contributed by atoms with Crippen LogP contribution in [0.15, 0.2) is 48.5 Å². The third-order valence-corrected chi connectivity index (χ3v) is 4.08. The predicted molar refractivity (Wildman–Crippen MR) is 89.3 cm³/mol. The van der Waals surface area contributed by atoms with E-state index in [2.05, 4.69) is 0 Å². The van der Waals surface area contributed by atoms with Gasteiger partial charge in [0.25, 0.3) is 0 Å². The third-order valence-electron chi connectivity index (χ3n) is 4.08. The number of aliphatic hydroxyl groups excluding tert-OH is 1. The largest absolute Gasteiger partial charge is 0.380 e. The number of benzene rings is 2. The highest BCUT2D eigenvalue weighted by atomic mass is 16.3. The fourth-order valence-electron chi connectivity index (χ4n) is 2.79. The minimum Gasteiger partial charge on any atom is -0.380 e. The van der Waals surface area contributed by atoms with E-state index in [-0.39, 0.29) is 29.7 Å². The first-order valence-electron chi connectivity index (χ1n) is 7.75. The fraction of sp³-hybridized carbons (Fsp3) is 0.158. The number of rotatable bonds is 5. The topological polar surface area (TPSA) is 91.8 Å². The van der Waals surface area contributed by atoms with Crippen molar-refractivity contribution in [3.8, 4) is 0 Å². The van der Waals surface area contributed by atoms with Crippen molar-refractivity contribution in [1.82, 2.24) is 0 Å². The highest BCUT2D eigenvalue weighted by Gasteiger charge is 2.34. The predicted octanol–water partition coefficient (Wildman–Crippen LogP) is 2.07. The molecule has 0 aliphatic carbocycles. The van der Waals surface area contributed by atoms with E-state index in [9.17, 15) is 24.3 Å². The van der Waals surface area contributed by atoms with Crippen molar-refractivity contribution in [2.75, 3.05) is 4.90 Å². The monoisotopic (exact) mass is 337 g/mol. The van der Waals surface area contributed by atoms with Crippen molar-refractivity contribution >= 4 is 29.6 Å². The van der Waals surface area contributed by atoms with Crippen molar-refractivity contribution in [2.45, 2.75) is 18.9 Å². The van der Waals surface area contributed by atoms with Crippen LogP contribution in [0, 0.1) is 0 Å². The number of hydrogen-bond donors (Lipinski definition) is 1. The summed E-state index contributed by atoms with van der Waals surface area (Å²) in [6.45, 7) is 0. The molecule has 6 nitrogen and oxygen atoms in total. The van der Waals surface area contributed by atoms with E-state index in [1.807, 2.05) is 0 Å². The first-order valence-corrected chi connectivity index (χ1v) is 7.75. The molecule has 0 aromatic heterocycles. The number of ketones is 1. The molecule has 25 heavy (non-hydrogen) atoms. The van der Waals surface area contributed by atoms with E-state index in [1.54, 1.807) is 30.3 Å². The standard InChI is InChI=1S/C19H15NO5/c21-11-12-6-7-14(15(10-12)20-16(22)8-9-17(20)23)19(25)18(24)13-4-2-1-3-5-13/h1-7,10-11,18,24H,8-9H2. The maximum atomic E-state index is 12.7. The van der Waals surface area contributed by atoms with Gasteiger partial charge >= 0.3 is 0 Å². The summed E-state index contributed by atoms with van der Waals surface area (Å²) in [6, 6.07) is 12.4. The number of aldehydes is 1. The van der Waals surface area contributed by atoms with Gasteiger partial charge in [-0.3, -0.25) is 19.2 Å². The molecular weight excluding hydrogens is 322 g/mol. The van der Waals surface area contributed by atoms with Gasteiger partial charge in [0, 0.05) is 24.0 Å². The molecule has 1 atom stereocenters. The number of hydrogen-bond acceptors (Lipinski definition) is 5. The maximum absolute atomic E-state index is 12.7. The zero-order valence-corrected chi connectivity index (χ0v) is 13.2. The Bertz CT molecular complexity index is 843. The summed E-state index contributed by atoms with van der Waals surface area (Å²) in [6.07, 6.45) is -0.760. The number of Topliss-reactive ketones (excluding diaryl/α,β-unsaturated/α-hetero) is 1. The molecule has 2 amide bonds. The fourth-order valence-corrected chi connectivity index (χ4v) is 2.79. The lowest BCUT2D eigenvalue weighted by molar-refractivity contribution is -0.121. The maximum Gasteiger partial charge on any atom is 0.234 e. The van der Waals surface area contributed by atoms with Gasteiger partial charge in [-0.25, -0.2) is 4.90 Å². The molecule has 0 radical (unpaired) electrons. The molecular formula is C19H15NO5. The Kier molecular flexibility index (Phi) is 4.54. The average Bonchev–Trinajstić information content (AvgIpc) is 2.99. The van der Waals surface area contributed by atoms with Crippen LogP contribution in [0.3, 0.4) is 0 Å². The second-order valence-electron chi connectivity index (χ2n) is 5.69. The lowest BCUT2D eigenvalue weighted by atomic mass is 9.97. The second kappa shape index (κ2) is 6.78. The van der Waals surface area contributed by atoms with Crippen LogP contribution in [-0.4, -0.2) is 29.0 Å². The van der Waals surface area contributed by atoms with E-state index in [0.29, 0.717) is 11.8 Å². The van der Waals surface area contributed by atoms with Gasteiger partial charge < -0.3 is 5.11 Å². The molecule has 1 N–H and O–H groups in total. The van der Waals surface area contributed by atoms with Crippen LogP contribution in [0.5, 0.6) is 0 Å². The van der Waals surface area contributed by atoms with Gasteiger partial charge in [0.05, 0.1) is 5.69 Å². The lowest BCUT2D eigenvalue weighted by Crippen LogP contribution is -2.31. The van der Waals surface area contributed by atoms with Gasteiger partial charge in [-0.1, -0.05) is 36.4 Å². The van der Waals surface area contributed by atoms with Crippen LogP contribution in [0.4, 0.5) is 5.69 Å². The van der Waals surface area contributed by atoms with Gasteiger partial charge in [0.1, 0.15) is 12.4 Å². The van der Waals surface area contributed by atoms with Gasteiger partial charge in [0.15, 0.2) is 5.78 Å². The third kappa shape index (κ3) is 3.12. The van der Waals surface area contributed by atoms with Crippen molar-refractivity contribution in [1.29, 1.82) is 0 Å². The molecule has 1 unspecified atom stereocenters. The quantitative estimate of drug-likeness (QED) is 0.512. The van der Waals surface area contributed by atoms with Crippen LogP contribution < -0.4 is 4.90 Å². The summed E-state index contributed by atoms with van der Waals surface area (Å²) < 4.78 is 0. The van der Waals surface area contributed by atoms with Crippen molar-refractivity contribution < 1.29 is 24.3 Å². The first kappa shape index (κ1) is 16.7. The van der Waals surface area contributed by atoms with Gasteiger partial charge in [-0.15, -0.1) is 0 Å². The highest BCUT2D eigenvalue weighted by molar-refractivity contribution is 6.22. The number of nitrogens with zero attached hydrogens (tertiary/aromatic N) is 1. The Labute approximate surface area is 143 Å². The van der Waals surface area contributed by atoms with Gasteiger partial charge in [-0.2, -0.15) is 0 Å². The van der Waals surface area contributed by atoms with E-state index in [0.717, 1.165) is 4.90 Å². The van der Waals surface area contributed by atoms with Gasteiger partial charge in [-0.05, 0) is 17.7 Å². The summed E-state index contributed by atoms with van der Waals surface area (Å²) in [4.78, 5) is 48.8.